The molecule has 5 nitrogen and oxygen atoms in total. The second kappa shape index (κ2) is 6.75. The molecule has 106 valence electrons. The van der Waals surface area contributed by atoms with Gasteiger partial charge in [0.15, 0.2) is 5.78 Å². The Bertz CT molecular complexity index is 553. The Labute approximate surface area is 114 Å². The number of rotatable bonds is 7. The molecule has 1 rings (SSSR count). The van der Waals surface area contributed by atoms with Gasteiger partial charge in [-0.2, -0.15) is 10.2 Å². The van der Waals surface area contributed by atoms with E-state index in [9.17, 15) is 13.2 Å². The number of nitrogens with zero attached hydrogens (tertiary/aromatic N) is 2. The standard InChI is InChI=1S/C13H20N2O3S/c1-4-12-11(9-10(3)14-15-12)13(16)7-6-8-19(17,18)5-2/h9H,4-8H2,1-3H3. The van der Waals surface area contributed by atoms with Crippen molar-refractivity contribution in [3.8, 4) is 0 Å². The molecule has 6 heteroatoms. The van der Waals surface area contributed by atoms with Crippen LogP contribution in [0.15, 0.2) is 6.07 Å². The van der Waals surface area contributed by atoms with Crippen LogP contribution in [-0.4, -0.2) is 35.9 Å². The van der Waals surface area contributed by atoms with Gasteiger partial charge < -0.3 is 0 Å². The minimum absolute atomic E-state index is 0.0545. The monoisotopic (exact) mass is 284 g/mol. The molecule has 19 heavy (non-hydrogen) atoms. The van der Waals surface area contributed by atoms with Crippen LogP contribution >= 0.6 is 0 Å². The third-order valence-corrected chi connectivity index (χ3v) is 4.72. The first kappa shape index (κ1) is 15.8. The van der Waals surface area contributed by atoms with Gasteiger partial charge in [-0.15, -0.1) is 0 Å². The summed E-state index contributed by atoms with van der Waals surface area (Å²) < 4.78 is 22.7. The summed E-state index contributed by atoms with van der Waals surface area (Å²) in [5.41, 5.74) is 1.94. The van der Waals surface area contributed by atoms with Crippen molar-refractivity contribution in [2.45, 2.75) is 40.0 Å². The largest absolute Gasteiger partial charge is 0.294 e. The van der Waals surface area contributed by atoms with Gasteiger partial charge in [-0.3, -0.25) is 4.79 Å². The Kier molecular flexibility index (Phi) is 5.60. The predicted octanol–water partition coefficient (Wildman–Crippen LogP) is 1.75. The number of carbonyl (C=O) groups is 1. The molecule has 1 aromatic rings. The van der Waals surface area contributed by atoms with E-state index < -0.39 is 9.84 Å². The molecule has 0 saturated heterocycles. The van der Waals surface area contributed by atoms with Gasteiger partial charge in [0.1, 0.15) is 9.84 Å². The van der Waals surface area contributed by atoms with E-state index in [-0.39, 0.29) is 23.7 Å². The zero-order valence-corrected chi connectivity index (χ0v) is 12.5. The highest BCUT2D eigenvalue weighted by atomic mass is 32.2. The van der Waals surface area contributed by atoms with Crippen LogP contribution in [0.5, 0.6) is 0 Å². The van der Waals surface area contributed by atoms with Crippen LogP contribution in [0.1, 0.15) is 48.4 Å². The lowest BCUT2D eigenvalue weighted by atomic mass is 10.0. The number of Topliss-reactive ketones (excluding diaryl/α,β-unsaturated/α-hetero) is 1. The van der Waals surface area contributed by atoms with Crippen molar-refractivity contribution < 1.29 is 13.2 Å². The second-order valence-electron chi connectivity index (χ2n) is 4.46. The molecule has 0 radical (unpaired) electrons. The van der Waals surface area contributed by atoms with Gasteiger partial charge >= 0.3 is 0 Å². The average Bonchev–Trinajstić information content (AvgIpc) is 2.38. The van der Waals surface area contributed by atoms with Crippen LogP contribution in [0.2, 0.25) is 0 Å². The SMILES string of the molecule is CCc1nnc(C)cc1C(=O)CCCS(=O)(=O)CC. The first-order valence-corrected chi connectivity index (χ1v) is 8.28. The maximum Gasteiger partial charge on any atom is 0.164 e. The van der Waals surface area contributed by atoms with E-state index in [1.807, 2.05) is 6.92 Å². The highest BCUT2D eigenvalue weighted by Crippen LogP contribution is 2.12. The summed E-state index contributed by atoms with van der Waals surface area (Å²) in [5.74, 6) is 0.132. The van der Waals surface area contributed by atoms with Crippen LogP contribution in [0, 0.1) is 6.92 Å². The van der Waals surface area contributed by atoms with Gasteiger partial charge in [0.25, 0.3) is 0 Å². The molecular formula is C13H20N2O3S. The van der Waals surface area contributed by atoms with Crippen LogP contribution in [0.25, 0.3) is 0 Å². The summed E-state index contributed by atoms with van der Waals surface area (Å²) in [5, 5.41) is 7.93. The fourth-order valence-electron chi connectivity index (χ4n) is 1.75. The number of hydrogen-bond acceptors (Lipinski definition) is 5. The van der Waals surface area contributed by atoms with E-state index in [1.54, 1.807) is 19.9 Å². The zero-order chi connectivity index (χ0) is 14.5. The van der Waals surface area contributed by atoms with E-state index in [1.165, 1.54) is 0 Å². The molecule has 0 aromatic carbocycles. The molecule has 0 N–H and O–H groups in total. The average molecular weight is 284 g/mol. The normalized spacial score (nSPS) is 11.5. The Hall–Kier alpha value is -1.30. The number of aryl methyl sites for hydroxylation is 2. The third kappa shape index (κ3) is 4.70. The first-order valence-electron chi connectivity index (χ1n) is 6.46. The number of aromatic nitrogens is 2. The van der Waals surface area contributed by atoms with Crippen molar-refractivity contribution >= 4 is 15.6 Å². The van der Waals surface area contributed by atoms with Crippen molar-refractivity contribution in [1.29, 1.82) is 0 Å². The summed E-state index contributed by atoms with van der Waals surface area (Å²) in [4.78, 5) is 12.1. The van der Waals surface area contributed by atoms with Crippen molar-refractivity contribution in [2.24, 2.45) is 0 Å². The Morgan fingerprint density at radius 1 is 1.26 bits per heavy atom. The minimum atomic E-state index is -3.00. The van der Waals surface area contributed by atoms with Gasteiger partial charge in [-0.1, -0.05) is 13.8 Å². The number of hydrogen-bond donors (Lipinski definition) is 0. The maximum absolute atomic E-state index is 12.1. The van der Waals surface area contributed by atoms with E-state index in [0.29, 0.717) is 29.8 Å². The lowest BCUT2D eigenvalue weighted by molar-refractivity contribution is 0.0980. The smallest absolute Gasteiger partial charge is 0.164 e. The molecule has 0 amide bonds. The molecule has 0 fully saturated rings. The Morgan fingerprint density at radius 2 is 1.95 bits per heavy atom. The molecule has 0 aliphatic heterocycles. The highest BCUT2D eigenvalue weighted by molar-refractivity contribution is 7.91. The molecule has 1 aromatic heterocycles. The van der Waals surface area contributed by atoms with E-state index in [0.717, 1.165) is 0 Å². The third-order valence-electron chi connectivity index (χ3n) is 2.93. The van der Waals surface area contributed by atoms with Gasteiger partial charge in [-0.25, -0.2) is 8.42 Å². The van der Waals surface area contributed by atoms with E-state index in [2.05, 4.69) is 10.2 Å². The Morgan fingerprint density at radius 3 is 2.53 bits per heavy atom. The highest BCUT2D eigenvalue weighted by Gasteiger charge is 2.14. The fourth-order valence-corrected chi connectivity index (χ4v) is 2.62. The molecule has 0 spiro atoms. The maximum atomic E-state index is 12.1. The quantitative estimate of drug-likeness (QED) is 0.713. The molecule has 0 saturated carbocycles. The van der Waals surface area contributed by atoms with Crippen molar-refractivity contribution in [1.82, 2.24) is 10.2 Å². The lowest BCUT2D eigenvalue weighted by Crippen LogP contribution is -2.12. The van der Waals surface area contributed by atoms with Crippen molar-refractivity contribution in [3.05, 3.63) is 23.0 Å². The van der Waals surface area contributed by atoms with Gasteiger partial charge in [0, 0.05) is 17.7 Å². The number of carbonyl (C=O) groups excluding carboxylic acids is 1. The van der Waals surface area contributed by atoms with Crippen molar-refractivity contribution in [3.63, 3.8) is 0 Å². The summed E-state index contributed by atoms with van der Waals surface area (Å²) in [6.07, 6.45) is 1.23. The summed E-state index contributed by atoms with van der Waals surface area (Å²) >= 11 is 0. The number of sulfone groups is 1. The van der Waals surface area contributed by atoms with Gasteiger partial charge in [0.05, 0.1) is 17.1 Å². The molecular weight excluding hydrogens is 264 g/mol. The molecule has 1 heterocycles. The van der Waals surface area contributed by atoms with Gasteiger partial charge in [0.2, 0.25) is 0 Å². The van der Waals surface area contributed by atoms with E-state index in [4.69, 9.17) is 0 Å². The predicted molar refractivity (Wildman–Crippen MR) is 74.0 cm³/mol. The van der Waals surface area contributed by atoms with Crippen LogP contribution in [-0.2, 0) is 16.3 Å². The first-order chi connectivity index (χ1) is 8.89. The molecule has 0 aliphatic rings. The molecule has 0 unspecified atom stereocenters. The Balaban J connectivity index is 2.71. The fraction of sp³-hybridized carbons (Fsp3) is 0.615. The summed E-state index contributed by atoms with van der Waals surface area (Å²) in [7, 11) is -3.00. The minimum Gasteiger partial charge on any atom is -0.294 e. The second-order valence-corrected chi connectivity index (χ2v) is 6.94. The summed E-state index contributed by atoms with van der Waals surface area (Å²) in [6, 6.07) is 1.72. The molecule has 0 bridgehead atoms. The zero-order valence-electron chi connectivity index (χ0n) is 11.6. The van der Waals surface area contributed by atoms with Crippen LogP contribution < -0.4 is 0 Å². The number of ketones is 1. The topological polar surface area (TPSA) is 77.0 Å². The van der Waals surface area contributed by atoms with Crippen molar-refractivity contribution in [2.75, 3.05) is 11.5 Å². The van der Waals surface area contributed by atoms with E-state index >= 15 is 0 Å². The summed E-state index contributed by atoms with van der Waals surface area (Å²) in [6.45, 7) is 5.31. The van der Waals surface area contributed by atoms with Gasteiger partial charge in [-0.05, 0) is 25.8 Å². The molecule has 0 atom stereocenters. The van der Waals surface area contributed by atoms with Crippen LogP contribution in [0.4, 0.5) is 0 Å². The van der Waals surface area contributed by atoms with Crippen LogP contribution in [0.3, 0.4) is 0 Å². The lowest BCUT2D eigenvalue weighted by Gasteiger charge is -2.06. The molecule has 0 aliphatic carbocycles.